The number of benzene rings is 3. The number of nitrogens with one attached hydrogen (secondary N) is 1. The van der Waals surface area contributed by atoms with Crippen molar-refractivity contribution in [3.05, 3.63) is 94.2 Å². The first-order valence-corrected chi connectivity index (χ1v) is 11.6. The molecule has 0 fully saturated rings. The summed E-state index contributed by atoms with van der Waals surface area (Å²) in [6.45, 7) is 7.75. The number of rotatable bonds is 8. The molecule has 34 heavy (non-hydrogen) atoms. The number of carbonyl (C=O) groups excluding carboxylic acids is 1. The van der Waals surface area contributed by atoms with Crippen molar-refractivity contribution >= 4 is 16.8 Å². The number of methoxy groups -OCH3 is 2. The fraction of sp³-hybridized carbons (Fsp3) is 0.276. The monoisotopic (exact) mass is 456 g/mol. The highest BCUT2D eigenvalue weighted by Crippen LogP contribution is 2.28. The van der Waals surface area contributed by atoms with Gasteiger partial charge in [0, 0.05) is 35.2 Å². The minimum Gasteiger partial charge on any atom is -0.493 e. The van der Waals surface area contributed by atoms with Gasteiger partial charge in [-0.1, -0.05) is 35.9 Å². The average molecular weight is 457 g/mol. The predicted octanol–water partition coefficient (Wildman–Crippen LogP) is 5.60. The number of hydrogen-bond acceptors (Lipinski definition) is 3. The summed E-state index contributed by atoms with van der Waals surface area (Å²) >= 11 is 0. The largest absolute Gasteiger partial charge is 0.493 e. The minimum absolute atomic E-state index is 0.0640. The van der Waals surface area contributed by atoms with Gasteiger partial charge in [0.15, 0.2) is 11.5 Å². The van der Waals surface area contributed by atoms with E-state index in [2.05, 4.69) is 61.0 Å². The molecule has 0 aliphatic heterocycles. The SMILES string of the molecule is COc1ccc(CCNC(=O)c2ccc3c(c2)c(C)c(C)n3Cc2cccc(C)c2)cc1OC. The lowest BCUT2D eigenvalue weighted by Gasteiger charge is -2.11. The van der Waals surface area contributed by atoms with Gasteiger partial charge in [0.05, 0.1) is 14.2 Å². The van der Waals surface area contributed by atoms with Crippen molar-refractivity contribution in [1.29, 1.82) is 0 Å². The molecule has 0 bridgehead atoms. The van der Waals surface area contributed by atoms with Crippen molar-refractivity contribution in [2.75, 3.05) is 20.8 Å². The van der Waals surface area contributed by atoms with Gasteiger partial charge in [-0.15, -0.1) is 0 Å². The molecule has 0 radical (unpaired) electrons. The minimum atomic E-state index is -0.0640. The summed E-state index contributed by atoms with van der Waals surface area (Å²) in [5, 5.41) is 4.17. The summed E-state index contributed by atoms with van der Waals surface area (Å²) in [5.41, 5.74) is 7.87. The van der Waals surface area contributed by atoms with Crippen LogP contribution in [0.15, 0.2) is 60.7 Å². The van der Waals surface area contributed by atoms with E-state index in [9.17, 15) is 4.79 Å². The third kappa shape index (κ3) is 4.79. The van der Waals surface area contributed by atoms with E-state index in [1.54, 1.807) is 14.2 Å². The third-order valence-corrected chi connectivity index (χ3v) is 6.47. The molecule has 3 aromatic carbocycles. The van der Waals surface area contributed by atoms with E-state index < -0.39 is 0 Å². The van der Waals surface area contributed by atoms with Crippen LogP contribution in [-0.4, -0.2) is 31.2 Å². The van der Waals surface area contributed by atoms with Crippen molar-refractivity contribution in [1.82, 2.24) is 9.88 Å². The van der Waals surface area contributed by atoms with Gasteiger partial charge in [0.1, 0.15) is 0 Å². The Balaban J connectivity index is 1.48. The highest BCUT2D eigenvalue weighted by atomic mass is 16.5. The number of carbonyl (C=O) groups is 1. The molecule has 0 saturated carbocycles. The van der Waals surface area contributed by atoms with E-state index in [0.717, 1.165) is 23.0 Å². The first kappa shape index (κ1) is 23.4. The van der Waals surface area contributed by atoms with E-state index in [1.165, 1.54) is 22.4 Å². The highest BCUT2D eigenvalue weighted by molar-refractivity contribution is 5.99. The Hall–Kier alpha value is -3.73. The second kappa shape index (κ2) is 10.0. The summed E-state index contributed by atoms with van der Waals surface area (Å²) < 4.78 is 13.0. The van der Waals surface area contributed by atoms with E-state index >= 15 is 0 Å². The number of fused-ring (bicyclic) bond motifs is 1. The van der Waals surface area contributed by atoms with Crippen LogP contribution < -0.4 is 14.8 Å². The fourth-order valence-electron chi connectivity index (χ4n) is 4.45. The summed E-state index contributed by atoms with van der Waals surface area (Å²) in [5.74, 6) is 1.33. The number of amides is 1. The van der Waals surface area contributed by atoms with Crippen molar-refractivity contribution in [3.63, 3.8) is 0 Å². The van der Waals surface area contributed by atoms with E-state index in [4.69, 9.17) is 9.47 Å². The van der Waals surface area contributed by atoms with Gasteiger partial charge in [0.2, 0.25) is 0 Å². The van der Waals surface area contributed by atoms with E-state index in [1.807, 2.05) is 30.3 Å². The Morgan fingerprint density at radius 2 is 1.68 bits per heavy atom. The lowest BCUT2D eigenvalue weighted by atomic mass is 10.1. The molecule has 0 aliphatic carbocycles. The maximum Gasteiger partial charge on any atom is 0.251 e. The molecule has 0 spiro atoms. The van der Waals surface area contributed by atoms with Gasteiger partial charge in [-0.25, -0.2) is 0 Å². The third-order valence-electron chi connectivity index (χ3n) is 6.47. The molecule has 0 unspecified atom stereocenters. The molecule has 1 heterocycles. The number of hydrogen-bond donors (Lipinski definition) is 1. The van der Waals surface area contributed by atoms with Crippen molar-refractivity contribution < 1.29 is 14.3 Å². The van der Waals surface area contributed by atoms with Crippen LogP contribution in [0.4, 0.5) is 0 Å². The van der Waals surface area contributed by atoms with Gasteiger partial charge in [-0.3, -0.25) is 4.79 Å². The molecule has 0 aliphatic rings. The Morgan fingerprint density at radius 1 is 0.882 bits per heavy atom. The molecule has 1 aromatic heterocycles. The lowest BCUT2D eigenvalue weighted by Crippen LogP contribution is -2.25. The van der Waals surface area contributed by atoms with Crippen molar-refractivity contribution in [3.8, 4) is 11.5 Å². The quantitative estimate of drug-likeness (QED) is 0.375. The summed E-state index contributed by atoms with van der Waals surface area (Å²) in [6, 6.07) is 20.4. The normalized spacial score (nSPS) is 11.0. The van der Waals surface area contributed by atoms with Gasteiger partial charge in [0.25, 0.3) is 5.91 Å². The molecule has 1 N–H and O–H groups in total. The molecule has 176 valence electrons. The Labute approximate surface area is 201 Å². The maximum absolute atomic E-state index is 12.9. The highest BCUT2D eigenvalue weighted by Gasteiger charge is 2.14. The van der Waals surface area contributed by atoms with Gasteiger partial charge < -0.3 is 19.4 Å². The Bertz CT molecular complexity index is 1340. The smallest absolute Gasteiger partial charge is 0.251 e. The molecule has 4 rings (SSSR count). The summed E-state index contributed by atoms with van der Waals surface area (Å²) in [7, 11) is 3.24. The summed E-state index contributed by atoms with van der Waals surface area (Å²) in [6.07, 6.45) is 0.708. The van der Waals surface area contributed by atoms with Crippen LogP contribution in [0.1, 0.15) is 38.3 Å². The predicted molar refractivity (Wildman–Crippen MR) is 137 cm³/mol. The first-order chi connectivity index (χ1) is 16.4. The second-order valence-electron chi connectivity index (χ2n) is 8.71. The molecule has 5 nitrogen and oxygen atoms in total. The Kier molecular flexibility index (Phi) is 6.92. The first-order valence-electron chi connectivity index (χ1n) is 11.6. The molecular weight excluding hydrogens is 424 g/mol. The van der Waals surface area contributed by atoms with Gasteiger partial charge >= 0.3 is 0 Å². The zero-order valence-electron chi connectivity index (χ0n) is 20.6. The van der Waals surface area contributed by atoms with Crippen LogP contribution in [0.2, 0.25) is 0 Å². The number of aryl methyl sites for hydroxylation is 2. The standard InChI is InChI=1S/C29H32N2O3/c1-19-7-6-8-23(15-19)18-31-21(3)20(2)25-17-24(10-11-26(25)31)29(32)30-14-13-22-9-12-27(33-4)28(16-22)34-5/h6-12,15-17H,13-14,18H2,1-5H3,(H,30,32). The van der Waals surface area contributed by atoms with Crippen LogP contribution in [0.3, 0.4) is 0 Å². The molecule has 4 aromatic rings. The van der Waals surface area contributed by atoms with Gasteiger partial charge in [-0.2, -0.15) is 0 Å². The average Bonchev–Trinajstić information content (AvgIpc) is 3.08. The van der Waals surface area contributed by atoms with Crippen LogP contribution in [0.25, 0.3) is 10.9 Å². The Morgan fingerprint density at radius 3 is 2.41 bits per heavy atom. The number of nitrogens with zero attached hydrogens (tertiary/aromatic N) is 1. The molecule has 0 atom stereocenters. The van der Waals surface area contributed by atoms with Crippen LogP contribution >= 0.6 is 0 Å². The van der Waals surface area contributed by atoms with Crippen LogP contribution in [-0.2, 0) is 13.0 Å². The van der Waals surface area contributed by atoms with E-state index in [0.29, 0.717) is 30.0 Å². The topological polar surface area (TPSA) is 52.5 Å². The molecular formula is C29H32N2O3. The second-order valence-corrected chi connectivity index (χ2v) is 8.71. The van der Waals surface area contributed by atoms with Crippen molar-refractivity contribution in [2.24, 2.45) is 0 Å². The molecule has 1 amide bonds. The molecule has 0 saturated heterocycles. The molecule has 5 heteroatoms. The number of ether oxygens (including phenoxy) is 2. The van der Waals surface area contributed by atoms with Gasteiger partial charge in [-0.05, 0) is 74.2 Å². The number of aromatic nitrogens is 1. The lowest BCUT2D eigenvalue weighted by molar-refractivity contribution is 0.0954. The zero-order chi connectivity index (χ0) is 24.2. The van der Waals surface area contributed by atoms with Crippen LogP contribution in [0.5, 0.6) is 11.5 Å². The zero-order valence-corrected chi connectivity index (χ0v) is 20.6. The summed E-state index contributed by atoms with van der Waals surface area (Å²) in [4.78, 5) is 12.9. The van der Waals surface area contributed by atoms with Crippen molar-refractivity contribution in [2.45, 2.75) is 33.7 Å². The fourth-order valence-corrected chi connectivity index (χ4v) is 4.45. The maximum atomic E-state index is 12.9. The van der Waals surface area contributed by atoms with Crippen LogP contribution in [0, 0.1) is 20.8 Å². The van der Waals surface area contributed by atoms with E-state index in [-0.39, 0.29) is 5.91 Å².